The van der Waals surface area contributed by atoms with Crippen LogP contribution < -0.4 is 5.32 Å². The second kappa shape index (κ2) is 9.58. The first-order valence-corrected chi connectivity index (χ1v) is 12.0. The normalized spacial score (nSPS) is 13.5. The summed E-state index contributed by atoms with van der Waals surface area (Å²) in [5.74, 6) is 0.715. The van der Waals surface area contributed by atoms with E-state index in [0.29, 0.717) is 11.7 Å². The number of nitrogens with zero attached hydrogens (tertiary/aromatic N) is 4. The first-order valence-electron chi connectivity index (χ1n) is 11.1. The minimum absolute atomic E-state index is 0.0438. The molecule has 0 aliphatic heterocycles. The molecule has 0 fully saturated rings. The monoisotopic (exact) mass is 455 g/mol. The van der Waals surface area contributed by atoms with Gasteiger partial charge in [0.2, 0.25) is 5.91 Å². The van der Waals surface area contributed by atoms with Crippen LogP contribution in [0.3, 0.4) is 0 Å². The largest absolute Gasteiger partial charge is 0.325 e. The molecule has 33 heavy (non-hydrogen) atoms. The van der Waals surface area contributed by atoms with E-state index in [1.165, 1.54) is 29.3 Å². The number of rotatable bonds is 7. The molecule has 1 N–H and O–H groups in total. The van der Waals surface area contributed by atoms with E-state index in [1.54, 1.807) is 12.4 Å². The van der Waals surface area contributed by atoms with E-state index in [4.69, 9.17) is 0 Å². The molecule has 2 aromatic carbocycles. The first kappa shape index (κ1) is 21.4. The second-order valence-corrected chi connectivity index (χ2v) is 9.51. The van der Waals surface area contributed by atoms with Crippen molar-refractivity contribution in [1.29, 1.82) is 0 Å². The second-order valence-electron chi connectivity index (χ2n) is 8.20. The molecule has 1 aliphatic rings. The lowest BCUT2D eigenvalue weighted by Gasteiger charge is -2.14. The van der Waals surface area contributed by atoms with E-state index in [9.17, 15) is 4.79 Å². The van der Waals surface area contributed by atoms with Gasteiger partial charge in [-0.3, -0.25) is 14.3 Å². The highest BCUT2D eigenvalue weighted by atomic mass is 32.2. The van der Waals surface area contributed by atoms with Crippen molar-refractivity contribution in [2.75, 3.05) is 5.32 Å². The van der Waals surface area contributed by atoms with Crippen molar-refractivity contribution in [3.8, 4) is 11.4 Å². The number of pyridine rings is 1. The highest BCUT2D eigenvalue weighted by Crippen LogP contribution is 2.29. The Hall–Kier alpha value is -3.45. The smallest absolute Gasteiger partial charge is 0.237 e. The van der Waals surface area contributed by atoms with Gasteiger partial charge in [-0.25, -0.2) is 0 Å². The summed E-state index contributed by atoms with van der Waals surface area (Å²) in [7, 11) is 0. The Labute approximate surface area is 197 Å². The topological polar surface area (TPSA) is 72.7 Å². The van der Waals surface area contributed by atoms with E-state index in [2.05, 4.69) is 49.3 Å². The van der Waals surface area contributed by atoms with Crippen molar-refractivity contribution in [3.05, 3.63) is 89.7 Å². The van der Waals surface area contributed by atoms with E-state index < -0.39 is 0 Å². The van der Waals surface area contributed by atoms with Crippen LogP contribution in [0.2, 0.25) is 0 Å². The number of hydrogen-bond donors (Lipinski definition) is 1. The molecule has 2 aromatic heterocycles. The zero-order valence-electron chi connectivity index (χ0n) is 18.4. The summed E-state index contributed by atoms with van der Waals surface area (Å²) >= 11 is 1.42. The van der Waals surface area contributed by atoms with Crippen LogP contribution in [0.15, 0.2) is 78.2 Å². The fourth-order valence-corrected chi connectivity index (χ4v) is 4.95. The molecule has 6 nitrogen and oxygen atoms in total. The highest BCUT2D eigenvalue weighted by molar-refractivity contribution is 8.00. The van der Waals surface area contributed by atoms with Crippen LogP contribution in [-0.4, -0.2) is 30.9 Å². The molecule has 1 aliphatic carbocycles. The van der Waals surface area contributed by atoms with Crippen LogP contribution in [0.1, 0.15) is 30.0 Å². The number of carbonyl (C=O) groups excluding carboxylic acids is 1. The Morgan fingerprint density at radius 3 is 2.64 bits per heavy atom. The van der Waals surface area contributed by atoms with Crippen molar-refractivity contribution in [3.63, 3.8) is 0 Å². The van der Waals surface area contributed by atoms with Gasteiger partial charge in [0, 0.05) is 23.6 Å². The van der Waals surface area contributed by atoms with Gasteiger partial charge >= 0.3 is 0 Å². The molecule has 7 heteroatoms. The third-order valence-corrected chi connectivity index (χ3v) is 6.94. The first-order chi connectivity index (χ1) is 16.2. The number of aryl methyl sites for hydroxylation is 2. The summed E-state index contributed by atoms with van der Waals surface area (Å²) in [6.45, 7) is 2.52. The van der Waals surface area contributed by atoms with Crippen molar-refractivity contribution >= 4 is 23.4 Å². The predicted octanol–water partition coefficient (Wildman–Crippen LogP) is 5.00. The summed E-state index contributed by atoms with van der Waals surface area (Å²) in [6.07, 6.45) is 6.90. The third-order valence-electron chi connectivity index (χ3n) is 5.86. The predicted molar refractivity (Wildman–Crippen MR) is 131 cm³/mol. The van der Waals surface area contributed by atoms with Gasteiger partial charge < -0.3 is 5.32 Å². The standard InChI is InChI=1S/C26H25N5OS/c1-18(25(32)28-23-11-10-20-8-5-9-22(20)16-23)33-26-30-29-24(21-12-14-27-15-13-21)31(26)17-19-6-3-2-4-7-19/h2-4,6-7,10-16,18H,5,8-9,17H2,1H3,(H,28,32)/t18-/m1/s1. The van der Waals surface area contributed by atoms with Crippen molar-refractivity contribution in [2.24, 2.45) is 0 Å². The summed E-state index contributed by atoms with van der Waals surface area (Å²) in [4.78, 5) is 17.1. The minimum atomic E-state index is -0.331. The number of amides is 1. The summed E-state index contributed by atoms with van der Waals surface area (Å²) < 4.78 is 2.06. The Morgan fingerprint density at radius 1 is 1.03 bits per heavy atom. The quantitative estimate of drug-likeness (QED) is 0.397. The maximum absolute atomic E-state index is 13.0. The number of thioether (sulfide) groups is 1. The van der Waals surface area contributed by atoms with Crippen molar-refractivity contribution < 1.29 is 4.79 Å². The van der Waals surface area contributed by atoms with Gasteiger partial charge in [-0.15, -0.1) is 10.2 Å². The zero-order valence-corrected chi connectivity index (χ0v) is 19.3. The van der Waals surface area contributed by atoms with Gasteiger partial charge in [0.1, 0.15) is 0 Å². The molecule has 5 rings (SSSR count). The number of fused-ring (bicyclic) bond motifs is 1. The average molecular weight is 456 g/mol. The summed E-state index contributed by atoms with van der Waals surface area (Å²) in [6, 6.07) is 20.3. The molecule has 0 bridgehead atoms. The van der Waals surface area contributed by atoms with Crippen molar-refractivity contribution in [1.82, 2.24) is 19.7 Å². The Bertz CT molecular complexity index is 1260. The number of nitrogens with one attached hydrogen (secondary N) is 1. The van der Waals surface area contributed by atoms with Gasteiger partial charge in [-0.05, 0) is 67.1 Å². The van der Waals surface area contributed by atoms with Crippen LogP contribution in [0.4, 0.5) is 5.69 Å². The van der Waals surface area contributed by atoms with Gasteiger partial charge in [-0.1, -0.05) is 48.2 Å². The number of anilines is 1. The third kappa shape index (κ3) is 4.83. The highest BCUT2D eigenvalue weighted by Gasteiger charge is 2.22. The van der Waals surface area contributed by atoms with Crippen LogP contribution >= 0.6 is 11.8 Å². The lowest BCUT2D eigenvalue weighted by molar-refractivity contribution is -0.115. The van der Waals surface area contributed by atoms with Crippen LogP contribution in [0.25, 0.3) is 11.4 Å². The fraction of sp³-hybridized carbons (Fsp3) is 0.231. The molecule has 1 amide bonds. The molecule has 0 spiro atoms. The minimum Gasteiger partial charge on any atom is -0.325 e. The Balaban J connectivity index is 1.36. The molecular formula is C26H25N5OS. The van der Waals surface area contributed by atoms with E-state index in [1.807, 2.05) is 43.3 Å². The molecule has 1 atom stereocenters. The summed E-state index contributed by atoms with van der Waals surface area (Å²) in [5, 5.41) is 12.3. The van der Waals surface area contributed by atoms with Crippen LogP contribution in [-0.2, 0) is 24.2 Å². The number of hydrogen-bond acceptors (Lipinski definition) is 5. The van der Waals surface area contributed by atoms with Gasteiger partial charge in [-0.2, -0.15) is 0 Å². The maximum Gasteiger partial charge on any atom is 0.237 e. The van der Waals surface area contributed by atoms with E-state index in [0.717, 1.165) is 35.5 Å². The van der Waals surface area contributed by atoms with Gasteiger partial charge in [0.15, 0.2) is 11.0 Å². The van der Waals surface area contributed by atoms with E-state index in [-0.39, 0.29) is 11.2 Å². The molecule has 0 saturated heterocycles. The van der Waals surface area contributed by atoms with Crippen molar-refractivity contribution in [2.45, 2.75) is 43.1 Å². The fourth-order valence-electron chi connectivity index (χ4n) is 4.10. The number of benzene rings is 2. The maximum atomic E-state index is 13.0. The molecule has 166 valence electrons. The van der Waals surface area contributed by atoms with Crippen LogP contribution in [0, 0.1) is 0 Å². The lowest BCUT2D eigenvalue weighted by Crippen LogP contribution is -2.23. The van der Waals surface area contributed by atoms with Crippen LogP contribution in [0.5, 0.6) is 0 Å². The average Bonchev–Trinajstić information content (AvgIpc) is 3.47. The lowest BCUT2D eigenvalue weighted by atomic mass is 10.1. The number of carbonyl (C=O) groups is 1. The number of aromatic nitrogens is 4. The van der Waals surface area contributed by atoms with Gasteiger partial charge in [0.25, 0.3) is 0 Å². The molecule has 4 aromatic rings. The summed E-state index contributed by atoms with van der Waals surface area (Å²) in [5.41, 5.74) is 5.68. The molecule has 2 heterocycles. The van der Waals surface area contributed by atoms with E-state index >= 15 is 0 Å². The Kier molecular flexibility index (Phi) is 6.21. The zero-order chi connectivity index (χ0) is 22.6. The molecule has 0 unspecified atom stereocenters. The SMILES string of the molecule is C[C@@H](Sc1nnc(-c2ccncc2)n1Cc1ccccc1)C(=O)Nc1ccc2c(c1)CCC2. The Morgan fingerprint density at radius 2 is 1.82 bits per heavy atom. The van der Waals surface area contributed by atoms with Gasteiger partial charge in [0.05, 0.1) is 11.8 Å². The molecular weight excluding hydrogens is 430 g/mol. The molecule has 0 radical (unpaired) electrons. The molecule has 0 saturated carbocycles.